The molecule has 1 aliphatic rings. The second-order valence-corrected chi connectivity index (χ2v) is 6.98. The largest absolute Gasteiger partial charge is 0.497 e. The zero-order valence-electron chi connectivity index (χ0n) is 17.2. The van der Waals surface area contributed by atoms with E-state index in [1.807, 2.05) is 55.5 Å². The second kappa shape index (κ2) is 8.78. The van der Waals surface area contributed by atoms with E-state index >= 15 is 0 Å². The molecule has 0 N–H and O–H groups in total. The van der Waals surface area contributed by atoms with Crippen LogP contribution in [0.5, 0.6) is 5.75 Å². The number of hydrogen-bond acceptors (Lipinski definition) is 4. The molecule has 2 aromatic carbocycles. The summed E-state index contributed by atoms with van der Waals surface area (Å²) in [6.45, 7) is 4.25. The Balaban J connectivity index is 1.89. The van der Waals surface area contributed by atoms with Crippen molar-refractivity contribution in [2.45, 2.75) is 20.3 Å². The van der Waals surface area contributed by atoms with Crippen molar-refractivity contribution in [3.05, 3.63) is 82.1 Å². The van der Waals surface area contributed by atoms with Crippen LogP contribution in [-0.2, 0) is 20.7 Å². The maximum atomic E-state index is 13.1. The van der Waals surface area contributed by atoms with E-state index in [1.54, 1.807) is 25.0 Å². The van der Waals surface area contributed by atoms with Gasteiger partial charge >= 0.3 is 5.97 Å². The number of carbonyl (C=O) groups excluding carboxylic acids is 2. The summed E-state index contributed by atoms with van der Waals surface area (Å²) >= 11 is 0. The van der Waals surface area contributed by atoms with E-state index in [0.717, 1.165) is 22.4 Å². The first-order chi connectivity index (χ1) is 13.9. The molecule has 0 saturated carbocycles. The molecule has 0 saturated heterocycles. The Morgan fingerprint density at radius 3 is 2.41 bits per heavy atom. The van der Waals surface area contributed by atoms with Crippen LogP contribution in [0.15, 0.2) is 65.4 Å². The van der Waals surface area contributed by atoms with Crippen LogP contribution in [0.4, 0.5) is 0 Å². The molecule has 1 heterocycles. The summed E-state index contributed by atoms with van der Waals surface area (Å²) in [6.07, 6.45) is 2.43. The molecule has 29 heavy (non-hydrogen) atoms. The third-order valence-corrected chi connectivity index (χ3v) is 5.04. The molecule has 0 unspecified atom stereocenters. The van der Waals surface area contributed by atoms with Gasteiger partial charge in [0, 0.05) is 12.2 Å². The first kappa shape index (κ1) is 20.4. The van der Waals surface area contributed by atoms with Crippen molar-refractivity contribution in [3.8, 4) is 5.75 Å². The van der Waals surface area contributed by atoms with Crippen LogP contribution in [0, 0.1) is 6.92 Å². The molecule has 0 aromatic heterocycles. The topological polar surface area (TPSA) is 55.8 Å². The van der Waals surface area contributed by atoms with Crippen LogP contribution in [0.3, 0.4) is 0 Å². The first-order valence-electron chi connectivity index (χ1n) is 9.47. The number of methoxy groups -OCH3 is 2. The quantitative estimate of drug-likeness (QED) is 0.553. The zero-order valence-corrected chi connectivity index (χ0v) is 17.2. The molecule has 1 amide bonds. The van der Waals surface area contributed by atoms with Gasteiger partial charge in [-0.2, -0.15) is 0 Å². The number of rotatable bonds is 6. The molecule has 3 rings (SSSR count). The second-order valence-electron chi connectivity index (χ2n) is 6.98. The van der Waals surface area contributed by atoms with Gasteiger partial charge in [0.2, 0.25) is 0 Å². The summed E-state index contributed by atoms with van der Waals surface area (Å²) < 4.78 is 10.1. The van der Waals surface area contributed by atoms with Crippen LogP contribution in [0.2, 0.25) is 0 Å². The standard InChI is InChI=1S/C24H25NO4/c1-16-6-5-7-19(14-16)15-21-22(24(27)29-4)17(2)25(23(21)26)13-12-18-8-10-20(28-3)11-9-18/h5-11,14-15H,12-13H2,1-4H3/b21-15-. The van der Waals surface area contributed by atoms with Crippen molar-refractivity contribution in [3.63, 3.8) is 0 Å². The fraction of sp³-hybridized carbons (Fsp3) is 0.250. The Labute approximate surface area is 171 Å². The molecule has 0 radical (unpaired) electrons. The molecule has 1 aliphatic heterocycles. The Morgan fingerprint density at radius 2 is 1.79 bits per heavy atom. The normalized spacial score (nSPS) is 15.2. The Morgan fingerprint density at radius 1 is 1.07 bits per heavy atom. The maximum absolute atomic E-state index is 13.1. The lowest BCUT2D eigenvalue weighted by Gasteiger charge is -2.18. The number of carbonyl (C=O) groups is 2. The third kappa shape index (κ3) is 4.40. The predicted molar refractivity (Wildman–Crippen MR) is 112 cm³/mol. The lowest BCUT2D eigenvalue weighted by molar-refractivity contribution is -0.136. The molecule has 5 nitrogen and oxygen atoms in total. The SMILES string of the molecule is COC(=O)C1=C(C)N(CCc2ccc(OC)cc2)C(=O)/C1=C\c1cccc(C)c1. The highest BCUT2D eigenvalue weighted by molar-refractivity contribution is 6.16. The van der Waals surface area contributed by atoms with E-state index in [0.29, 0.717) is 29.8 Å². The van der Waals surface area contributed by atoms with Gasteiger partial charge in [-0.15, -0.1) is 0 Å². The number of amides is 1. The number of hydrogen-bond donors (Lipinski definition) is 0. The zero-order chi connectivity index (χ0) is 21.0. The minimum atomic E-state index is -0.498. The van der Waals surface area contributed by atoms with Crippen molar-refractivity contribution in [2.75, 3.05) is 20.8 Å². The van der Waals surface area contributed by atoms with Crippen LogP contribution >= 0.6 is 0 Å². The molecule has 2 aromatic rings. The fourth-order valence-corrected chi connectivity index (χ4v) is 3.46. The minimum Gasteiger partial charge on any atom is -0.497 e. The number of nitrogens with zero attached hydrogens (tertiary/aromatic N) is 1. The Bertz CT molecular complexity index is 986. The van der Waals surface area contributed by atoms with Gasteiger partial charge in [-0.25, -0.2) is 4.79 Å². The van der Waals surface area contributed by atoms with E-state index in [2.05, 4.69) is 0 Å². The maximum Gasteiger partial charge on any atom is 0.340 e. The van der Waals surface area contributed by atoms with Crippen molar-refractivity contribution in [1.82, 2.24) is 4.90 Å². The minimum absolute atomic E-state index is 0.182. The summed E-state index contributed by atoms with van der Waals surface area (Å²) in [5.41, 5.74) is 4.36. The van der Waals surface area contributed by atoms with Crippen molar-refractivity contribution in [2.24, 2.45) is 0 Å². The van der Waals surface area contributed by atoms with Crippen molar-refractivity contribution in [1.29, 1.82) is 0 Å². The molecule has 0 atom stereocenters. The van der Waals surface area contributed by atoms with E-state index in [1.165, 1.54) is 7.11 Å². The third-order valence-electron chi connectivity index (χ3n) is 5.04. The van der Waals surface area contributed by atoms with Gasteiger partial charge in [-0.1, -0.05) is 42.0 Å². The van der Waals surface area contributed by atoms with Gasteiger partial charge in [0.05, 0.1) is 25.4 Å². The highest BCUT2D eigenvalue weighted by Gasteiger charge is 2.36. The smallest absolute Gasteiger partial charge is 0.340 e. The highest BCUT2D eigenvalue weighted by Crippen LogP contribution is 2.32. The molecule has 0 fully saturated rings. The summed E-state index contributed by atoms with van der Waals surface area (Å²) in [5, 5.41) is 0. The van der Waals surface area contributed by atoms with Crippen LogP contribution in [0.1, 0.15) is 23.6 Å². The number of ether oxygens (including phenoxy) is 2. The van der Waals surface area contributed by atoms with Gasteiger partial charge in [-0.3, -0.25) is 4.79 Å². The lowest BCUT2D eigenvalue weighted by atomic mass is 10.0. The van der Waals surface area contributed by atoms with E-state index in [-0.39, 0.29) is 5.91 Å². The highest BCUT2D eigenvalue weighted by atomic mass is 16.5. The monoisotopic (exact) mass is 391 g/mol. The molecule has 5 heteroatoms. The van der Waals surface area contributed by atoms with Crippen molar-refractivity contribution < 1.29 is 19.1 Å². The summed E-state index contributed by atoms with van der Waals surface area (Å²) in [6, 6.07) is 15.5. The van der Waals surface area contributed by atoms with E-state index < -0.39 is 5.97 Å². The molecular formula is C24H25NO4. The average molecular weight is 391 g/mol. The van der Waals surface area contributed by atoms with E-state index in [4.69, 9.17) is 9.47 Å². The Kier molecular flexibility index (Phi) is 6.17. The summed E-state index contributed by atoms with van der Waals surface area (Å²) in [4.78, 5) is 27.2. The average Bonchev–Trinajstić information content (AvgIpc) is 2.95. The first-order valence-corrected chi connectivity index (χ1v) is 9.47. The number of esters is 1. The van der Waals surface area contributed by atoms with Crippen LogP contribution < -0.4 is 4.74 Å². The molecule has 0 aliphatic carbocycles. The number of allylic oxidation sites excluding steroid dienone is 1. The van der Waals surface area contributed by atoms with Gasteiger partial charge < -0.3 is 14.4 Å². The van der Waals surface area contributed by atoms with Crippen LogP contribution in [-0.4, -0.2) is 37.5 Å². The molecular weight excluding hydrogens is 366 g/mol. The van der Waals surface area contributed by atoms with Gasteiger partial charge in [0.25, 0.3) is 5.91 Å². The van der Waals surface area contributed by atoms with Gasteiger partial charge in [0.1, 0.15) is 5.75 Å². The molecule has 0 spiro atoms. The Hall–Kier alpha value is -3.34. The summed E-state index contributed by atoms with van der Waals surface area (Å²) in [7, 11) is 2.96. The predicted octanol–water partition coefficient (Wildman–Crippen LogP) is 3.92. The molecule has 150 valence electrons. The van der Waals surface area contributed by atoms with Gasteiger partial charge in [-0.05, 0) is 49.6 Å². The van der Waals surface area contributed by atoms with Crippen LogP contribution in [0.25, 0.3) is 6.08 Å². The number of aryl methyl sites for hydroxylation is 1. The van der Waals surface area contributed by atoms with Gasteiger partial charge in [0.15, 0.2) is 0 Å². The summed E-state index contributed by atoms with van der Waals surface area (Å²) in [5.74, 6) is 0.109. The molecule has 0 bridgehead atoms. The number of benzene rings is 2. The van der Waals surface area contributed by atoms with Crippen molar-refractivity contribution >= 4 is 18.0 Å². The fourth-order valence-electron chi connectivity index (χ4n) is 3.46. The van der Waals surface area contributed by atoms with E-state index in [9.17, 15) is 9.59 Å². The lowest BCUT2D eigenvalue weighted by Crippen LogP contribution is -2.27.